The van der Waals surface area contributed by atoms with Gasteiger partial charge in [-0.05, 0) is 103 Å². The topological polar surface area (TPSA) is 78.9 Å². The lowest BCUT2D eigenvalue weighted by molar-refractivity contribution is -0.167. The van der Waals surface area contributed by atoms with Gasteiger partial charge in [0.25, 0.3) is 0 Å². The molecule has 0 fully saturated rings. The monoisotopic (exact) mass is 735 g/mol. The molecule has 1 atom stereocenters. The Morgan fingerprint density at radius 1 is 0.377 bits per heavy atom. The molecule has 0 saturated carbocycles. The molecule has 0 spiro atoms. The molecule has 0 aliphatic carbocycles. The first-order chi connectivity index (χ1) is 26.0. The number of hydrogen-bond acceptors (Lipinski definition) is 6. The number of esters is 3. The average Bonchev–Trinajstić information content (AvgIpc) is 3.15. The van der Waals surface area contributed by atoms with Gasteiger partial charge in [-0.2, -0.15) is 0 Å². The second-order valence-electron chi connectivity index (χ2n) is 13.1. The van der Waals surface area contributed by atoms with Crippen molar-refractivity contribution < 1.29 is 28.6 Å². The molecule has 0 heterocycles. The van der Waals surface area contributed by atoms with Crippen molar-refractivity contribution >= 4 is 17.9 Å². The first-order valence-electron chi connectivity index (χ1n) is 20.7. The van der Waals surface area contributed by atoms with E-state index in [9.17, 15) is 14.4 Å². The van der Waals surface area contributed by atoms with Crippen molar-refractivity contribution in [2.24, 2.45) is 0 Å². The van der Waals surface area contributed by atoms with Crippen molar-refractivity contribution in [3.05, 3.63) is 97.2 Å². The van der Waals surface area contributed by atoms with Crippen LogP contribution in [0.5, 0.6) is 0 Å². The highest BCUT2D eigenvalue weighted by molar-refractivity contribution is 5.71. The first kappa shape index (κ1) is 49.3. The molecule has 0 rings (SSSR count). The highest BCUT2D eigenvalue weighted by Gasteiger charge is 2.19. The predicted molar refractivity (Wildman–Crippen MR) is 224 cm³/mol. The van der Waals surface area contributed by atoms with Crippen LogP contribution in [-0.4, -0.2) is 37.2 Å². The smallest absolute Gasteiger partial charge is 0.306 e. The zero-order valence-electron chi connectivity index (χ0n) is 33.7. The van der Waals surface area contributed by atoms with E-state index in [0.29, 0.717) is 19.3 Å². The third-order valence-corrected chi connectivity index (χ3v) is 8.06. The molecule has 0 saturated heterocycles. The molecular weight excluding hydrogens is 661 g/mol. The van der Waals surface area contributed by atoms with Crippen LogP contribution in [-0.2, 0) is 28.6 Å². The Morgan fingerprint density at radius 2 is 0.698 bits per heavy atom. The maximum atomic E-state index is 12.7. The molecular formula is C47H74O6. The molecule has 0 radical (unpaired) electrons. The van der Waals surface area contributed by atoms with Crippen LogP contribution < -0.4 is 0 Å². The number of hydrogen-bond donors (Lipinski definition) is 0. The summed E-state index contributed by atoms with van der Waals surface area (Å²) in [5.41, 5.74) is 0. The van der Waals surface area contributed by atoms with Crippen molar-refractivity contribution in [3.63, 3.8) is 0 Å². The van der Waals surface area contributed by atoms with Gasteiger partial charge in [-0.1, -0.05) is 137 Å². The lowest BCUT2D eigenvalue weighted by atomic mass is 10.1. The normalized spacial score (nSPS) is 13.0. The summed E-state index contributed by atoms with van der Waals surface area (Å²) in [7, 11) is 0. The summed E-state index contributed by atoms with van der Waals surface area (Å²) in [6.45, 7) is 6.15. The van der Waals surface area contributed by atoms with Crippen LogP contribution in [0.1, 0.15) is 162 Å². The van der Waals surface area contributed by atoms with E-state index in [1.165, 1.54) is 0 Å². The largest absolute Gasteiger partial charge is 0.462 e. The van der Waals surface area contributed by atoms with E-state index in [0.717, 1.165) is 109 Å². The molecule has 0 N–H and O–H groups in total. The van der Waals surface area contributed by atoms with Gasteiger partial charge in [-0.3, -0.25) is 14.4 Å². The van der Waals surface area contributed by atoms with E-state index in [-0.39, 0.29) is 44.0 Å². The molecule has 298 valence electrons. The van der Waals surface area contributed by atoms with Gasteiger partial charge in [-0.25, -0.2) is 0 Å². The second kappa shape index (κ2) is 41.1. The summed E-state index contributed by atoms with van der Waals surface area (Å²) in [6.07, 6.45) is 52.6. The Kier molecular flexibility index (Phi) is 38.2. The quantitative estimate of drug-likeness (QED) is 0.0279. The molecule has 6 heteroatoms. The van der Waals surface area contributed by atoms with Gasteiger partial charge >= 0.3 is 17.9 Å². The summed E-state index contributed by atoms with van der Waals surface area (Å²) in [5, 5.41) is 0. The summed E-state index contributed by atoms with van der Waals surface area (Å²) < 4.78 is 16.5. The Labute approximate surface area is 324 Å². The molecule has 0 aromatic rings. The van der Waals surface area contributed by atoms with Crippen LogP contribution in [0.25, 0.3) is 0 Å². The summed E-state index contributed by atoms with van der Waals surface area (Å²) in [5.74, 6) is -1.04. The Balaban J connectivity index is 4.56. The lowest BCUT2D eigenvalue weighted by Crippen LogP contribution is -2.30. The minimum atomic E-state index is -0.818. The minimum absolute atomic E-state index is 0.121. The zero-order chi connectivity index (χ0) is 38.7. The van der Waals surface area contributed by atoms with Gasteiger partial charge in [-0.15, -0.1) is 0 Å². The van der Waals surface area contributed by atoms with Crippen molar-refractivity contribution in [1.82, 2.24) is 0 Å². The molecule has 0 aliphatic rings. The standard InChI is InChI=1S/C47H74O6/c1-4-7-10-13-16-19-22-25-28-31-34-37-40-46(49)52-43-44(42-51-45(48)39-36-33-30-27-24-21-18-15-12-9-6-3)53-47(50)41-38-35-32-29-26-23-20-17-14-11-8-5-2/h7-12,16-21,25,27-28,30,44H,4-6,13-15,22-24,26,29,31-43H2,1-3H3/b10-7-,11-8-,12-9-,19-16-,20-17-,21-18-,28-25-,30-27-. The fourth-order valence-electron chi connectivity index (χ4n) is 5.04. The van der Waals surface area contributed by atoms with Crippen LogP contribution in [0.15, 0.2) is 97.2 Å². The summed E-state index contributed by atoms with van der Waals surface area (Å²) >= 11 is 0. The zero-order valence-corrected chi connectivity index (χ0v) is 33.7. The van der Waals surface area contributed by atoms with E-state index >= 15 is 0 Å². The molecule has 0 aliphatic heterocycles. The third-order valence-electron chi connectivity index (χ3n) is 8.06. The number of rotatable bonds is 35. The second-order valence-corrected chi connectivity index (χ2v) is 13.1. The fourth-order valence-corrected chi connectivity index (χ4v) is 5.04. The van der Waals surface area contributed by atoms with Crippen LogP contribution in [0.4, 0.5) is 0 Å². The van der Waals surface area contributed by atoms with E-state index in [1.54, 1.807) is 0 Å². The molecule has 0 aromatic carbocycles. The van der Waals surface area contributed by atoms with Gasteiger partial charge in [0.1, 0.15) is 13.2 Å². The average molecular weight is 735 g/mol. The lowest BCUT2D eigenvalue weighted by Gasteiger charge is -2.18. The van der Waals surface area contributed by atoms with Crippen molar-refractivity contribution in [2.75, 3.05) is 13.2 Å². The van der Waals surface area contributed by atoms with Gasteiger partial charge in [0.15, 0.2) is 6.10 Å². The first-order valence-corrected chi connectivity index (χ1v) is 20.7. The molecule has 0 aromatic heterocycles. The predicted octanol–water partition coefficient (Wildman–Crippen LogP) is 13.1. The Bertz CT molecular complexity index is 1120. The fraction of sp³-hybridized carbons (Fsp3) is 0.596. The highest BCUT2D eigenvalue weighted by atomic mass is 16.6. The number of allylic oxidation sites excluding steroid dienone is 16. The summed E-state index contributed by atoms with van der Waals surface area (Å²) in [6, 6.07) is 0. The highest BCUT2D eigenvalue weighted by Crippen LogP contribution is 2.11. The van der Waals surface area contributed by atoms with Crippen LogP contribution in [0, 0.1) is 0 Å². The van der Waals surface area contributed by atoms with Crippen LogP contribution in [0.3, 0.4) is 0 Å². The van der Waals surface area contributed by atoms with Crippen LogP contribution in [0.2, 0.25) is 0 Å². The maximum absolute atomic E-state index is 12.7. The van der Waals surface area contributed by atoms with E-state index in [2.05, 4.69) is 118 Å². The number of carbonyl (C=O) groups is 3. The Morgan fingerprint density at radius 3 is 1.17 bits per heavy atom. The maximum Gasteiger partial charge on any atom is 0.306 e. The molecule has 0 amide bonds. The molecule has 6 nitrogen and oxygen atoms in total. The van der Waals surface area contributed by atoms with Crippen LogP contribution >= 0.6 is 0 Å². The van der Waals surface area contributed by atoms with Gasteiger partial charge in [0.2, 0.25) is 0 Å². The van der Waals surface area contributed by atoms with Gasteiger partial charge in [0, 0.05) is 19.3 Å². The Hall–Kier alpha value is -3.67. The van der Waals surface area contributed by atoms with E-state index < -0.39 is 6.10 Å². The molecule has 1 unspecified atom stereocenters. The van der Waals surface area contributed by atoms with E-state index in [4.69, 9.17) is 14.2 Å². The molecule has 53 heavy (non-hydrogen) atoms. The van der Waals surface area contributed by atoms with Gasteiger partial charge in [0.05, 0.1) is 0 Å². The number of ether oxygens (including phenoxy) is 3. The van der Waals surface area contributed by atoms with E-state index in [1.807, 2.05) is 0 Å². The SMILES string of the molecule is CC/C=C\C/C=C\C/C=C\CCCCC(=O)OCC(COC(=O)CCC/C=C\C/C=C\C/C=C\CC)OC(=O)CCCCCCC/C=C\C/C=C\CC. The molecule has 0 bridgehead atoms. The van der Waals surface area contributed by atoms with Crippen molar-refractivity contribution in [3.8, 4) is 0 Å². The minimum Gasteiger partial charge on any atom is -0.462 e. The summed E-state index contributed by atoms with van der Waals surface area (Å²) in [4.78, 5) is 37.6. The van der Waals surface area contributed by atoms with Crippen molar-refractivity contribution in [2.45, 2.75) is 168 Å². The number of unbranched alkanes of at least 4 members (excludes halogenated alkanes) is 8. The third kappa shape index (κ3) is 39.4. The van der Waals surface area contributed by atoms with Crippen molar-refractivity contribution in [1.29, 1.82) is 0 Å². The van der Waals surface area contributed by atoms with Gasteiger partial charge < -0.3 is 14.2 Å². The number of carbonyl (C=O) groups excluding carboxylic acids is 3.